The van der Waals surface area contributed by atoms with Crippen molar-refractivity contribution in [2.75, 3.05) is 25.2 Å². The summed E-state index contributed by atoms with van der Waals surface area (Å²) in [4.78, 5) is 0. The summed E-state index contributed by atoms with van der Waals surface area (Å²) in [5.74, 6) is -12.2. The van der Waals surface area contributed by atoms with E-state index < -0.39 is 40.7 Å². The topological polar surface area (TPSA) is 57.2 Å². The molecule has 0 aromatic heterocycles. The van der Waals surface area contributed by atoms with E-state index >= 15 is 0 Å². The van der Waals surface area contributed by atoms with E-state index in [4.69, 9.17) is 0 Å². The molecule has 0 aromatic rings. The van der Waals surface area contributed by atoms with Crippen molar-refractivity contribution in [1.29, 1.82) is 0 Å². The molecule has 0 heterocycles. The fourth-order valence-electron chi connectivity index (χ4n) is 3.39. The molecule has 190 valence electrons. The SMILES string of the molecule is CC(C)C[P+](C)(CC(C)C)CC(C)C.O=S(=O)([O-])C(F)(F)C(F)(F)C(F)(F)C(F)(F)F. The van der Waals surface area contributed by atoms with Crippen molar-refractivity contribution in [3.63, 3.8) is 0 Å². The van der Waals surface area contributed by atoms with E-state index in [1.165, 1.54) is 18.5 Å². The summed E-state index contributed by atoms with van der Waals surface area (Å²) in [5, 5.41) is -7.11. The Kier molecular flexibility index (Phi) is 11.4. The van der Waals surface area contributed by atoms with E-state index in [0.29, 0.717) is 0 Å². The highest BCUT2D eigenvalue weighted by Gasteiger charge is 2.83. The Hall–Kier alpha value is -0.290. The molecule has 0 bridgehead atoms. The van der Waals surface area contributed by atoms with Crippen LogP contribution in [0.25, 0.3) is 0 Å². The first kappa shape index (κ1) is 32.9. The number of hydrogen-bond donors (Lipinski definition) is 0. The van der Waals surface area contributed by atoms with Gasteiger partial charge in [0, 0.05) is 13.9 Å². The Balaban J connectivity index is 0. The lowest BCUT2D eigenvalue weighted by Crippen LogP contribution is -2.63. The Morgan fingerprint density at radius 1 is 0.677 bits per heavy atom. The summed E-state index contributed by atoms with van der Waals surface area (Å²) >= 11 is 0. The van der Waals surface area contributed by atoms with Crippen molar-refractivity contribution < 1.29 is 52.5 Å². The highest BCUT2D eigenvalue weighted by molar-refractivity contribution is 7.86. The molecule has 0 atom stereocenters. The van der Waals surface area contributed by atoms with E-state index in [9.17, 15) is 52.5 Å². The summed E-state index contributed by atoms with van der Waals surface area (Å²) in [6.45, 7) is 16.8. The molecule has 0 fully saturated rings. The van der Waals surface area contributed by atoms with Crippen LogP contribution in [0.15, 0.2) is 0 Å². The quantitative estimate of drug-likeness (QED) is 0.198. The van der Waals surface area contributed by atoms with Crippen LogP contribution < -0.4 is 0 Å². The van der Waals surface area contributed by atoms with Crippen molar-refractivity contribution in [3.8, 4) is 0 Å². The van der Waals surface area contributed by atoms with Gasteiger partial charge >= 0.3 is 23.3 Å². The van der Waals surface area contributed by atoms with Crippen molar-refractivity contribution in [1.82, 2.24) is 0 Å². The van der Waals surface area contributed by atoms with Gasteiger partial charge in [0.15, 0.2) is 10.1 Å². The fraction of sp³-hybridized carbons (Fsp3) is 1.00. The summed E-state index contributed by atoms with van der Waals surface area (Å²) in [7, 11) is -8.05. The van der Waals surface area contributed by atoms with Crippen LogP contribution in [0, 0.1) is 17.8 Å². The van der Waals surface area contributed by atoms with Crippen molar-refractivity contribution in [3.05, 3.63) is 0 Å². The van der Waals surface area contributed by atoms with Crippen LogP contribution in [0.1, 0.15) is 41.5 Å². The summed E-state index contributed by atoms with van der Waals surface area (Å²) in [5.41, 5.74) is 0. The van der Waals surface area contributed by atoms with E-state index in [-0.39, 0.29) is 0 Å². The minimum Gasteiger partial charge on any atom is -0.743 e. The average molecular weight is 516 g/mol. The number of hydrogen-bond acceptors (Lipinski definition) is 3. The minimum absolute atomic E-state index is 0.638. The average Bonchev–Trinajstić information content (AvgIpc) is 2.41. The van der Waals surface area contributed by atoms with Crippen molar-refractivity contribution >= 4 is 17.4 Å². The molecular formula is C17H30F9O3PS. The maximum absolute atomic E-state index is 12.2. The van der Waals surface area contributed by atoms with Crippen LogP contribution in [0.2, 0.25) is 0 Å². The molecule has 14 heteroatoms. The molecule has 0 amide bonds. The zero-order valence-electron chi connectivity index (χ0n) is 18.3. The second-order valence-electron chi connectivity index (χ2n) is 8.97. The molecular weight excluding hydrogens is 486 g/mol. The second kappa shape index (κ2) is 10.8. The molecule has 0 aromatic carbocycles. The Bertz CT molecular complexity index is 634. The Morgan fingerprint density at radius 3 is 1.10 bits per heavy atom. The first-order chi connectivity index (χ1) is 13.2. The second-order valence-corrected chi connectivity index (χ2v) is 14.7. The maximum Gasteiger partial charge on any atom is 0.460 e. The molecule has 0 spiro atoms. The highest BCUT2D eigenvalue weighted by atomic mass is 32.2. The van der Waals surface area contributed by atoms with Gasteiger partial charge in [-0.1, -0.05) is 41.5 Å². The first-order valence-electron chi connectivity index (χ1n) is 9.24. The van der Waals surface area contributed by atoms with Gasteiger partial charge in [0.1, 0.15) is 0 Å². The van der Waals surface area contributed by atoms with Gasteiger partial charge in [0.2, 0.25) is 0 Å². The normalized spacial score (nSPS) is 14.8. The largest absolute Gasteiger partial charge is 0.743 e. The van der Waals surface area contributed by atoms with Gasteiger partial charge in [-0.2, -0.15) is 39.5 Å². The number of halogens is 9. The smallest absolute Gasteiger partial charge is 0.460 e. The fourth-order valence-corrected chi connectivity index (χ4v) is 9.56. The van der Waals surface area contributed by atoms with Crippen LogP contribution in [0.5, 0.6) is 0 Å². The molecule has 31 heavy (non-hydrogen) atoms. The third kappa shape index (κ3) is 8.87. The van der Waals surface area contributed by atoms with E-state index in [1.807, 2.05) is 0 Å². The molecule has 0 N–H and O–H groups in total. The van der Waals surface area contributed by atoms with E-state index in [2.05, 4.69) is 48.2 Å². The van der Waals surface area contributed by atoms with Gasteiger partial charge in [-0.15, -0.1) is 0 Å². The van der Waals surface area contributed by atoms with Gasteiger partial charge in [-0.25, -0.2) is 8.42 Å². The molecule has 0 saturated heterocycles. The van der Waals surface area contributed by atoms with Crippen LogP contribution in [0.3, 0.4) is 0 Å². The number of alkyl halides is 9. The van der Waals surface area contributed by atoms with Gasteiger partial charge in [-0.3, -0.25) is 0 Å². The molecule has 0 unspecified atom stereocenters. The third-order valence-electron chi connectivity index (χ3n) is 3.85. The predicted octanol–water partition coefficient (Wildman–Crippen LogP) is 6.56. The van der Waals surface area contributed by atoms with Crippen molar-refractivity contribution in [2.45, 2.75) is 64.8 Å². The Morgan fingerprint density at radius 2 is 0.935 bits per heavy atom. The third-order valence-corrected chi connectivity index (χ3v) is 9.57. The zero-order valence-corrected chi connectivity index (χ0v) is 20.0. The van der Waals surface area contributed by atoms with Gasteiger partial charge < -0.3 is 4.55 Å². The van der Waals surface area contributed by atoms with Crippen LogP contribution in [-0.4, -0.2) is 61.4 Å². The predicted molar refractivity (Wildman–Crippen MR) is 103 cm³/mol. The van der Waals surface area contributed by atoms with E-state index in [0.717, 1.165) is 17.8 Å². The zero-order chi connectivity index (χ0) is 25.9. The molecule has 0 radical (unpaired) electrons. The van der Waals surface area contributed by atoms with E-state index in [1.54, 1.807) is 0 Å². The maximum atomic E-state index is 12.2. The van der Waals surface area contributed by atoms with Gasteiger partial charge in [0.25, 0.3) is 0 Å². The lowest BCUT2D eigenvalue weighted by molar-refractivity contribution is -0.382. The molecule has 0 aliphatic heterocycles. The molecule has 0 aliphatic rings. The Labute approximate surface area is 178 Å². The van der Waals surface area contributed by atoms with Gasteiger partial charge in [-0.05, 0) is 17.8 Å². The number of rotatable bonds is 9. The molecule has 0 saturated carbocycles. The standard InChI is InChI=1S/C13H30P.C4HF9O3S/c1-11(2)8-14(7,9-12(3)4)10-13(5)6;5-1(6,3(9,10)11)2(7,8)4(12,13)17(14,15)16/h11-13H,8-10H2,1-7H3;(H,14,15,16)/q+1;/p-1. The lowest BCUT2D eigenvalue weighted by Gasteiger charge is -2.34. The summed E-state index contributed by atoms with van der Waals surface area (Å²) in [6.07, 6.45) is -2.69. The molecule has 0 aliphatic carbocycles. The van der Waals surface area contributed by atoms with Gasteiger partial charge in [0.05, 0.1) is 18.5 Å². The summed E-state index contributed by atoms with van der Waals surface area (Å²) in [6, 6.07) is 0. The van der Waals surface area contributed by atoms with Crippen LogP contribution in [0.4, 0.5) is 39.5 Å². The summed E-state index contributed by atoms with van der Waals surface area (Å²) < 4.78 is 135. The molecule has 0 rings (SSSR count). The highest BCUT2D eigenvalue weighted by Crippen LogP contribution is 2.59. The van der Waals surface area contributed by atoms with Crippen LogP contribution >= 0.6 is 7.26 Å². The lowest BCUT2D eigenvalue weighted by atomic mass is 10.1. The minimum atomic E-state index is -7.43. The van der Waals surface area contributed by atoms with Crippen molar-refractivity contribution in [2.24, 2.45) is 17.8 Å². The first-order valence-corrected chi connectivity index (χ1v) is 13.4. The monoisotopic (exact) mass is 516 g/mol. The molecule has 3 nitrogen and oxygen atoms in total. The van der Waals surface area contributed by atoms with Crippen LogP contribution in [-0.2, 0) is 10.1 Å².